The number of carbonyl (C=O) groups is 2. The number of hydrogen-bond donors (Lipinski definition) is 2. The van der Waals surface area contributed by atoms with Crippen LogP contribution in [-0.2, 0) is 4.79 Å². The van der Waals surface area contributed by atoms with Gasteiger partial charge in [-0.05, 0) is 67.1 Å². The Balaban J connectivity index is 1.85. The fourth-order valence-electron chi connectivity index (χ4n) is 3.50. The van der Waals surface area contributed by atoms with Crippen molar-refractivity contribution in [2.45, 2.75) is 52.6 Å². The van der Waals surface area contributed by atoms with Crippen molar-refractivity contribution in [3.63, 3.8) is 0 Å². The van der Waals surface area contributed by atoms with Gasteiger partial charge in [0, 0.05) is 25.2 Å². The van der Waals surface area contributed by atoms with E-state index in [-0.39, 0.29) is 17.4 Å². The first-order valence-electron chi connectivity index (χ1n) is 9.17. The van der Waals surface area contributed by atoms with Crippen molar-refractivity contribution < 1.29 is 9.59 Å². The average Bonchev–Trinajstić information content (AvgIpc) is 2.98. The molecule has 3 unspecified atom stereocenters. The van der Waals surface area contributed by atoms with Gasteiger partial charge in [-0.1, -0.05) is 13.8 Å². The molecule has 0 spiro atoms. The lowest BCUT2D eigenvalue weighted by molar-refractivity contribution is -0.123. The number of thiophene rings is 1. The largest absolute Gasteiger partial charge is 0.352 e. The van der Waals surface area contributed by atoms with E-state index in [1.54, 1.807) is 13.0 Å². The first-order valence-corrected chi connectivity index (χ1v) is 10.8. The van der Waals surface area contributed by atoms with Gasteiger partial charge in [0.25, 0.3) is 5.91 Å². The van der Waals surface area contributed by atoms with Crippen molar-refractivity contribution in [3.8, 4) is 0 Å². The van der Waals surface area contributed by atoms with Crippen molar-refractivity contribution in [2.24, 2.45) is 11.8 Å². The summed E-state index contributed by atoms with van der Waals surface area (Å²) in [5.41, 5.74) is -0.110. The summed E-state index contributed by atoms with van der Waals surface area (Å²) in [6, 6.07) is 3.00. The monoisotopic (exact) mass is 443 g/mol. The maximum absolute atomic E-state index is 12.4. The van der Waals surface area contributed by atoms with Crippen molar-refractivity contribution in [3.05, 3.63) is 20.8 Å². The average molecular weight is 444 g/mol. The van der Waals surface area contributed by atoms with Crippen LogP contribution in [0.4, 0.5) is 0 Å². The highest BCUT2D eigenvalue weighted by molar-refractivity contribution is 9.11. The van der Waals surface area contributed by atoms with Gasteiger partial charge in [0.1, 0.15) is 6.04 Å². The number of amides is 2. The summed E-state index contributed by atoms with van der Waals surface area (Å²) in [4.78, 5) is 27.7. The summed E-state index contributed by atoms with van der Waals surface area (Å²) in [7, 11) is 0. The summed E-state index contributed by atoms with van der Waals surface area (Å²) < 4.78 is 0.895. The van der Waals surface area contributed by atoms with Crippen LogP contribution in [0.1, 0.15) is 50.7 Å². The standard InChI is InChI=1S/C19H30BrN3O2S/c1-12-8-13(2)10-23(9-12)19(4,5)11-21-17(24)14(3)22-18(25)15-6-7-16(20)26-15/h6-7,12-14H,8-11H2,1-5H3,(H,21,24)(H,22,25). The predicted molar refractivity (Wildman–Crippen MR) is 111 cm³/mol. The maximum atomic E-state index is 12.4. The van der Waals surface area contributed by atoms with Crippen LogP contribution in [0.25, 0.3) is 0 Å². The van der Waals surface area contributed by atoms with Gasteiger partial charge < -0.3 is 10.6 Å². The van der Waals surface area contributed by atoms with E-state index >= 15 is 0 Å². The van der Waals surface area contributed by atoms with Crippen molar-refractivity contribution in [2.75, 3.05) is 19.6 Å². The van der Waals surface area contributed by atoms with E-state index in [1.807, 2.05) is 6.07 Å². The smallest absolute Gasteiger partial charge is 0.262 e. The molecular weight excluding hydrogens is 414 g/mol. The minimum absolute atomic E-state index is 0.110. The van der Waals surface area contributed by atoms with Crippen LogP contribution < -0.4 is 10.6 Å². The van der Waals surface area contributed by atoms with Crippen molar-refractivity contribution >= 4 is 39.1 Å². The van der Waals surface area contributed by atoms with Crippen LogP contribution in [0.3, 0.4) is 0 Å². The zero-order valence-corrected chi connectivity index (χ0v) is 18.7. The van der Waals surface area contributed by atoms with Gasteiger partial charge in [-0.15, -0.1) is 11.3 Å². The Kier molecular flexibility index (Phi) is 7.27. The third kappa shape index (κ3) is 5.79. The zero-order chi connectivity index (χ0) is 19.5. The second kappa shape index (κ2) is 8.85. The van der Waals surface area contributed by atoms with E-state index in [4.69, 9.17) is 0 Å². The second-order valence-electron chi connectivity index (χ2n) is 8.18. The van der Waals surface area contributed by atoms with Gasteiger partial charge in [-0.3, -0.25) is 14.5 Å². The second-order valence-corrected chi connectivity index (χ2v) is 10.6. The summed E-state index contributed by atoms with van der Waals surface area (Å²) >= 11 is 4.70. The van der Waals surface area contributed by atoms with E-state index in [0.717, 1.165) is 16.9 Å². The minimum atomic E-state index is -0.571. The Hall–Kier alpha value is -0.920. The van der Waals surface area contributed by atoms with Crippen LogP contribution in [-0.4, -0.2) is 47.9 Å². The summed E-state index contributed by atoms with van der Waals surface area (Å²) in [5.74, 6) is 0.982. The van der Waals surface area contributed by atoms with Gasteiger partial charge in [-0.2, -0.15) is 0 Å². The van der Waals surface area contributed by atoms with Gasteiger partial charge in [0.15, 0.2) is 0 Å². The molecule has 26 heavy (non-hydrogen) atoms. The number of carbonyl (C=O) groups excluding carboxylic acids is 2. The molecule has 2 amide bonds. The number of likely N-dealkylation sites (tertiary alicyclic amines) is 1. The summed E-state index contributed by atoms with van der Waals surface area (Å²) in [6.45, 7) is 13.3. The molecule has 7 heteroatoms. The van der Waals surface area contributed by atoms with Gasteiger partial charge >= 0.3 is 0 Å². The van der Waals surface area contributed by atoms with Crippen LogP contribution in [0, 0.1) is 11.8 Å². The quantitative estimate of drug-likeness (QED) is 0.706. The molecule has 5 nitrogen and oxygen atoms in total. The molecule has 3 atom stereocenters. The Morgan fingerprint density at radius 2 is 1.92 bits per heavy atom. The number of nitrogens with zero attached hydrogens (tertiary/aromatic N) is 1. The van der Waals surface area contributed by atoms with E-state index in [2.05, 4.69) is 59.2 Å². The molecule has 0 bridgehead atoms. The third-order valence-corrected chi connectivity index (χ3v) is 6.58. The molecule has 1 aromatic heterocycles. The molecule has 146 valence electrons. The molecule has 2 rings (SSSR count). The summed E-state index contributed by atoms with van der Waals surface area (Å²) in [6.07, 6.45) is 1.26. The molecular formula is C19H30BrN3O2S. The van der Waals surface area contributed by atoms with Crippen LogP contribution in [0.15, 0.2) is 15.9 Å². The number of rotatable bonds is 6. The van der Waals surface area contributed by atoms with Gasteiger partial charge in [-0.25, -0.2) is 0 Å². The molecule has 0 aromatic carbocycles. The lowest BCUT2D eigenvalue weighted by Gasteiger charge is -2.45. The molecule has 2 N–H and O–H groups in total. The molecule has 0 saturated carbocycles. The Bertz CT molecular complexity index is 636. The predicted octanol–water partition coefficient (Wildman–Crippen LogP) is 3.50. The molecule has 2 heterocycles. The molecule has 1 saturated heterocycles. The molecule has 1 aliphatic heterocycles. The zero-order valence-electron chi connectivity index (χ0n) is 16.3. The van der Waals surface area contributed by atoms with Crippen molar-refractivity contribution in [1.82, 2.24) is 15.5 Å². The van der Waals surface area contributed by atoms with E-state index in [1.165, 1.54) is 17.8 Å². The van der Waals surface area contributed by atoms with Crippen LogP contribution in [0.2, 0.25) is 0 Å². The normalized spacial score (nSPS) is 22.7. The lowest BCUT2D eigenvalue weighted by Crippen LogP contribution is -2.57. The van der Waals surface area contributed by atoms with Crippen molar-refractivity contribution in [1.29, 1.82) is 0 Å². The third-order valence-electron chi connectivity index (χ3n) is 4.96. The first kappa shape index (κ1) is 21.4. The highest BCUT2D eigenvalue weighted by Gasteiger charge is 2.33. The topological polar surface area (TPSA) is 61.4 Å². The SMILES string of the molecule is CC1CC(C)CN(C(C)(C)CNC(=O)C(C)NC(=O)c2ccc(Br)s2)C1. The molecule has 1 aromatic rings. The highest BCUT2D eigenvalue weighted by atomic mass is 79.9. The fourth-order valence-corrected chi connectivity index (χ4v) is 4.78. The molecule has 1 fully saturated rings. The fraction of sp³-hybridized carbons (Fsp3) is 0.684. The summed E-state index contributed by atoms with van der Waals surface area (Å²) in [5, 5.41) is 5.77. The van der Waals surface area contributed by atoms with E-state index in [0.29, 0.717) is 23.3 Å². The maximum Gasteiger partial charge on any atom is 0.262 e. The Morgan fingerprint density at radius 1 is 1.31 bits per heavy atom. The number of nitrogens with one attached hydrogen (secondary N) is 2. The number of hydrogen-bond acceptors (Lipinski definition) is 4. The van der Waals surface area contributed by atoms with Crippen LogP contribution >= 0.6 is 27.3 Å². The molecule has 1 aliphatic rings. The molecule has 0 radical (unpaired) electrons. The van der Waals surface area contributed by atoms with E-state index in [9.17, 15) is 9.59 Å². The number of piperidine rings is 1. The Labute approximate surface area is 169 Å². The number of halogens is 1. The van der Waals surface area contributed by atoms with Gasteiger partial charge in [0.2, 0.25) is 5.91 Å². The van der Waals surface area contributed by atoms with Gasteiger partial charge in [0.05, 0.1) is 8.66 Å². The minimum Gasteiger partial charge on any atom is -0.352 e. The Morgan fingerprint density at radius 3 is 2.46 bits per heavy atom. The van der Waals surface area contributed by atoms with Crippen LogP contribution in [0.5, 0.6) is 0 Å². The first-order chi connectivity index (χ1) is 12.1. The van der Waals surface area contributed by atoms with E-state index < -0.39 is 6.04 Å². The lowest BCUT2D eigenvalue weighted by atomic mass is 9.88. The molecule has 0 aliphatic carbocycles. The highest BCUT2D eigenvalue weighted by Crippen LogP contribution is 2.27.